The first kappa shape index (κ1) is 18.6. The van der Waals surface area contributed by atoms with Gasteiger partial charge in [0.1, 0.15) is 6.10 Å². The fourth-order valence-corrected chi connectivity index (χ4v) is 7.58. The van der Waals surface area contributed by atoms with Crippen LogP contribution in [0.1, 0.15) is 30.1 Å². The van der Waals surface area contributed by atoms with E-state index in [1.54, 1.807) is 24.3 Å². The Balaban J connectivity index is 1.67. The Labute approximate surface area is 162 Å². The van der Waals surface area contributed by atoms with Gasteiger partial charge in [0.25, 0.3) is 5.91 Å². The molecule has 0 N–H and O–H groups in total. The van der Waals surface area contributed by atoms with E-state index in [4.69, 9.17) is 4.74 Å². The number of amides is 1. The molecule has 0 aliphatic carbocycles. The largest absolute Gasteiger partial charge is 0.368 e. The van der Waals surface area contributed by atoms with Crippen LogP contribution in [0.15, 0.2) is 29.3 Å². The van der Waals surface area contributed by atoms with Gasteiger partial charge in [0, 0.05) is 23.1 Å². The van der Waals surface area contributed by atoms with Crippen LogP contribution in [0.5, 0.6) is 0 Å². The Morgan fingerprint density at radius 2 is 1.96 bits per heavy atom. The second-order valence-corrected chi connectivity index (χ2v) is 10.4. The van der Waals surface area contributed by atoms with E-state index in [2.05, 4.69) is 4.99 Å². The Hall–Kier alpha value is -1.71. The molecule has 0 unspecified atom stereocenters. The summed E-state index contributed by atoms with van der Waals surface area (Å²) in [6, 6.07) is 6.70. The van der Waals surface area contributed by atoms with Crippen molar-refractivity contribution in [2.45, 2.75) is 37.2 Å². The highest BCUT2D eigenvalue weighted by molar-refractivity contribution is 8.16. The Bertz CT molecular complexity index is 904. The summed E-state index contributed by atoms with van der Waals surface area (Å²) in [6.07, 6.45) is 0.993. The smallest absolute Gasteiger partial charge is 0.277 e. The third-order valence-electron chi connectivity index (χ3n) is 5.03. The van der Waals surface area contributed by atoms with Gasteiger partial charge in [-0.25, -0.2) is 8.42 Å². The highest BCUT2D eigenvalue weighted by Gasteiger charge is 2.49. The Kier molecular flexibility index (Phi) is 4.85. The molecular weight excluding hydrogens is 388 g/mol. The van der Waals surface area contributed by atoms with Gasteiger partial charge >= 0.3 is 0 Å². The topological polar surface area (TPSA) is 93.1 Å². The predicted octanol–water partition coefficient (Wildman–Crippen LogP) is 1.67. The lowest BCUT2D eigenvalue weighted by atomic mass is 10.1. The quantitative estimate of drug-likeness (QED) is 0.702. The molecule has 1 aromatic rings. The van der Waals surface area contributed by atoms with Crippen molar-refractivity contribution in [3.05, 3.63) is 29.8 Å². The number of anilines is 1. The first-order valence-electron chi connectivity index (χ1n) is 8.85. The highest BCUT2D eigenvalue weighted by Crippen LogP contribution is 2.41. The molecule has 3 aliphatic rings. The summed E-state index contributed by atoms with van der Waals surface area (Å²) in [5.41, 5.74) is 1.31. The van der Waals surface area contributed by atoms with E-state index in [9.17, 15) is 18.0 Å². The zero-order valence-electron chi connectivity index (χ0n) is 14.8. The summed E-state index contributed by atoms with van der Waals surface area (Å²) >= 11 is 1.34. The minimum atomic E-state index is -3.12. The van der Waals surface area contributed by atoms with E-state index in [0.29, 0.717) is 23.8 Å². The number of ether oxygens (including phenoxy) is 1. The maximum atomic E-state index is 12.5. The van der Waals surface area contributed by atoms with Gasteiger partial charge in [-0.15, -0.1) is 0 Å². The lowest BCUT2D eigenvalue weighted by Crippen LogP contribution is -2.38. The van der Waals surface area contributed by atoms with Crippen molar-refractivity contribution in [2.24, 2.45) is 4.99 Å². The Morgan fingerprint density at radius 1 is 1.22 bits per heavy atom. The third kappa shape index (κ3) is 3.68. The molecule has 1 aromatic carbocycles. The number of rotatable bonds is 3. The fraction of sp³-hybridized carbons (Fsp3) is 0.500. The molecule has 0 bridgehead atoms. The van der Waals surface area contributed by atoms with Crippen LogP contribution in [0.25, 0.3) is 0 Å². The summed E-state index contributed by atoms with van der Waals surface area (Å²) in [7, 11) is -3.12. The molecule has 3 atom stereocenters. The maximum absolute atomic E-state index is 12.5. The molecule has 3 heterocycles. The summed E-state index contributed by atoms with van der Waals surface area (Å²) in [5.74, 6) is -0.242. The minimum Gasteiger partial charge on any atom is -0.368 e. The zero-order valence-corrected chi connectivity index (χ0v) is 16.5. The van der Waals surface area contributed by atoms with Gasteiger partial charge in [-0.2, -0.15) is 4.99 Å². The number of sulfone groups is 1. The molecular formula is C18H20N2O5S2. The number of hydrogen-bond donors (Lipinski definition) is 0. The zero-order chi connectivity index (χ0) is 19.2. The number of aliphatic imine (C=N–C) groups is 1. The maximum Gasteiger partial charge on any atom is 0.277 e. The van der Waals surface area contributed by atoms with Crippen LogP contribution in [-0.2, 0) is 19.4 Å². The van der Waals surface area contributed by atoms with Crippen molar-refractivity contribution in [2.75, 3.05) is 23.0 Å². The van der Waals surface area contributed by atoms with Crippen LogP contribution in [0.2, 0.25) is 0 Å². The number of hydrogen-bond acceptors (Lipinski definition) is 6. The molecule has 4 rings (SSSR count). The number of thioether (sulfide) groups is 1. The molecule has 0 radical (unpaired) electrons. The van der Waals surface area contributed by atoms with Gasteiger partial charge in [0.15, 0.2) is 20.8 Å². The average Bonchev–Trinajstić information content (AvgIpc) is 3.29. The van der Waals surface area contributed by atoms with Gasteiger partial charge in [0.05, 0.1) is 17.5 Å². The lowest BCUT2D eigenvalue weighted by molar-refractivity contribution is -0.126. The molecule has 3 fully saturated rings. The van der Waals surface area contributed by atoms with Crippen molar-refractivity contribution >= 4 is 44.1 Å². The van der Waals surface area contributed by atoms with Gasteiger partial charge in [-0.3, -0.25) is 9.59 Å². The summed E-state index contributed by atoms with van der Waals surface area (Å²) in [4.78, 5) is 30.1. The second kappa shape index (κ2) is 7.03. The van der Waals surface area contributed by atoms with Crippen LogP contribution >= 0.6 is 11.8 Å². The molecule has 3 saturated heterocycles. The van der Waals surface area contributed by atoms with Crippen molar-refractivity contribution in [1.29, 1.82) is 0 Å². The van der Waals surface area contributed by atoms with E-state index in [1.165, 1.54) is 18.7 Å². The molecule has 0 spiro atoms. The lowest BCUT2D eigenvalue weighted by Gasteiger charge is -2.24. The number of nitrogens with zero attached hydrogens (tertiary/aromatic N) is 2. The number of carbonyl (C=O) groups is 2. The third-order valence-corrected chi connectivity index (χ3v) is 8.24. The molecule has 9 heteroatoms. The van der Waals surface area contributed by atoms with Crippen molar-refractivity contribution in [1.82, 2.24) is 0 Å². The molecule has 1 amide bonds. The van der Waals surface area contributed by atoms with Crippen LogP contribution in [0.3, 0.4) is 0 Å². The monoisotopic (exact) mass is 408 g/mol. The Morgan fingerprint density at radius 3 is 2.59 bits per heavy atom. The summed E-state index contributed by atoms with van der Waals surface area (Å²) in [6.45, 7) is 2.06. The minimum absolute atomic E-state index is 0.0340. The molecule has 0 aromatic heterocycles. The molecule has 7 nitrogen and oxygen atoms in total. The highest BCUT2D eigenvalue weighted by atomic mass is 32.2. The van der Waals surface area contributed by atoms with Gasteiger partial charge < -0.3 is 9.64 Å². The number of carbonyl (C=O) groups excluding carboxylic acids is 2. The van der Waals surface area contributed by atoms with Gasteiger partial charge in [-0.05, 0) is 44.0 Å². The number of ketones is 1. The standard InChI is InChI=1S/C18H20N2O5S2/c1-11(21)12-4-6-13(7-5-12)20-14-9-27(23,24)10-16(14)26-18(20)19-17(22)15-3-2-8-25-15/h4-7,14-16H,2-3,8-10H2,1H3/t14-,15+,16-/m1/s1. The van der Waals surface area contributed by atoms with E-state index in [-0.39, 0.29) is 34.5 Å². The van der Waals surface area contributed by atoms with Crippen LogP contribution < -0.4 is 4.90 Å². The van der Waals surface area contributed by atoms with Crippen molar-refractivity contribution < 1.29 is 22.7 Å². The molecule has 27 heavy (non-hydrogen) atoms. The van der Waals surface area contributed by atoms with Gasteiger partial charge in [-0.1, -0.05) is 11.8 Å². The predicted molar refractivity (Wildman–Crippen MR) is 104 cm³/mol. The van der Waals surface area contributed by atoms with E-state index in [1.807, 2.05) is 4.90 Å². The van der Waals surface area contributed by atoms with Crippen LogP contribution in [0.4, 0.5) is 5.69 Å². The second-order valence-electron chi connectivity index (χ2n) is 7.01. The normalized spacial score (nSPS) is 30.6. The summed E-state index contributed by atoms with van der Waals surface area (Å²) in [5, 5.41) is 0.356. The summed E-state index contributed by atoms with van der Waals surface area (Å²) < 4.78 is 29.6. The number of Topliss-reactive ketones (excluding diaryl/α,β-unsaturated/α-hetero) is 1. The van der Waals surface area contributed by atoms with Crippen molar-refractivity contribution in [3.63, 3.8) is 0 Å². The van der Waals surface area contributed by atoms with E-state index >= 15 is 0 Å². The van der Waals surface area contributed by atoms with E-state index in [0.717, 1.165) is 12.1 Å². The fourth-order valence-electron chi connectivity index (χ4n) is 3.66. The molecule has 0 saturated carbocycles. The average molecular weight is 409 g/mol. The SMILES string of the molecule is CC(=O)c1ccc(N2C(=NC(=O)[C@@H]3CCCO3)S[C@@H]3CS(=O)(=O)C[C@H]32)cc1. The first-order chi connectivity index (χ1) is 12.8. The van der Waals surface area contributed by atoms with Crippen molar-refractivity contribution in [3.8, 4) is 0 Å². The first-order valence-corrected chi connectivity index (χ1v) is 11.6. The van der Waals surface area contributed by atoms with Crippen LogP contribution in [0, 0.1) is 0 Å². The number of benzene rings is 1. The van der Waals surface area contributed by atoms with Crippen LogP contribution in [-0.4, -0.2) is 60.8 Å². The van der Waals surface area contributed by atoms with E-state index < -0.39 is 15.9 Å². The molecule has 3 aliphatic heterocycles. The molecule has 144 valence electrons. The number of fused-ring (bicyclic) bond motifs is 1. The number of amidine groups is 1. The van der Waals surface area contributed by atoms with Gasteiger partial charge in [0.2, 0.25) is 0 Å².